The fourth-order valence-corrected chi connectivity index (χ4v) is 4.46. The molecule has 0 fully saturated rings. The minimum Gasteiger partial charge on any atom is -0.478 e. The Kier molecular flexibility index (Phi) is 6.96. The number of hydrogen-bond donors (Lipinski definition) is 3. The molecule has 3 aromatic carbocycles. The number of anilines is 1. The van der Waals surface area contributed by atoms with Gasteiger partial charge in [-0.05, 0) is 47.2 Å². The second-order valence-electron chi connectivity index (χ2n) is 8.34. The summed E-state index contributed by atoms with van der Waals surface area (Å²) in [6.07, 6.45) is 0.906. The van der Waals surface area contributed by atoms with Crippen molar-refractivity contribution < 1.29 is 24.2 Å². The number of carbonyl (C=O) groups is 3. The Hall–Kier alpha value is -4.39. The largest absolute Gasteiger partial charge is 0.478 e. The number of ether oxygens (including phenoxy) is 1. The lowest BCUT2D eigenvalue weighted by Gasteiger charge is -2.19. The number of carbonyl (C=O) groups excluding carboxylic acids is 2. The number of aromatic carboxylic acids is 1. The molecule has 0 bridgehead atoms. The number of amides is 2. The molecule has 4 rings (SSSR count). The molecular weight excluding hydrogens is 444 g/mol. The van der Waals surface area contributed by atoms with E-state index < -0.39 is 24.0 Å². The van der Waals surface area contributed by atoms with Crippen LogP contribution in [0.5, 0.6) is 0 Å². The lowest BCUT2D eigenvalue weighted by Crippen LogP contribution is -2.44. The smallest absolute Gasteiger partial charge is 0.407 e. The normalized spacial score (nSPS) is 12.7. The van der Waals surface area contributed by atoms with Gasteiger partial charge in [0.1, 0.15) is 12.6 Å². The number of carboxylic acid groups (broad SMARTS) is 1. The molecule has 7 heteroatoms. The van der Waals surface area contributed by atoms with Gasteiger partial charge in [0.05, 0.1) is 11.3 Å². The molecule has 0 saturated carbocycles. The Bertz CT molecular complexity index is 1250. The van der Waals surface area contributed by atoms with E-state index in [-0.39, 0.29) is 30.2 Å². The number of nitrogens with one attached hydrogen (secondary N) is 2. The molecule has 1 unspecified atom stereocenters. The lowest BCUT2D eigenvalue weighted by molar-refractivity contribution is -0.118. The summed E-state index contributed by atoms with van der Waals surface area (Å²) < 4.78 is 5.54. The predicted molar refractivity (Wildman–Crippen MR) is 134 cm³/mol. The van der Waals surface area contributed by atoms with E-state index in [1.807, 2.05) is 36.4 Å². The number of alkyl carbamates (subject to hydrolysis) is 1. The monoisotopic (exact) mass is 470 g/mol. The van der Waals surface area contributed by atoms with Crippen molar-refractivity contribution >= 4 is 23.7 Å². The Labute approximate surface area is 203 Å². The number of hydrogen-bond acceptors (Lipinski definition) is 4. The average molecular weight is 471 g/mol. The zero-order valence-electron chi connectivity index (χ0n) is 19.3. The van der Waals surface area contributed by atoms with Crippen LogP contribution in [-0.2, 0) is 9.53 Å². The summed E-state index contributed by atoms with van der Waals surface area (Å²) in [5.74, 6) is -1.82. The maximum absolute atomic E-state index is 12.9. The third-order valence-electron chi connectivity index (χ3n) is 6.10. The van der Waals surface area contributed by atoms with Gasteiger partial charge in [0.2, 0.25) is 5.91 Å². The van der Waals surface area contributed by atoms with Gasteiger partial charge in [-0.1, -0.05) is 66.7 Å². The summed E-state index contributed by atoms with van der Waals surface area (Å²) in [6, 6.07) is 19.9. The van der Waals surface area contributed by atoms with Crippen molar-refractivity contribution in [1.29, 1.82) is 0 Å². The van der Waals surface area contributed by atoms with Crippen LogP contribution in [0, 0.1) is 6.92 Å². The van der Waals surface area contributed by atoms with Crippen LogP contribution >= 0.6 is 0 Å². The van der Waals surface area contributed by atoms with Gasteiger partial charge in [-0.2, -0.15) is 0 Å². The standard InChI is InChI=1S/C28H26N2O5/c1-3-9-24(26(31)29-23-15-8-10-17(2)25(23)27(32)33)30-28(34)35-16-22-20-13-6-4-11-18(20)19-12-5-7-14-21(19)22/h3-8,10-15,22,24H,1,9,16H2,2H3,(H,29,31)(H,30,34)(H,32,33). The van der Waals surface area contributed by atoms with E-state index in [9.17, 15) is 19.5 Å². The molecule has 1 atom stereocenters. The molecule has 1 aliphatic rings. The van der Waals surface area contributed by atoms with Crippen molar-refractivity contribution in [3.05, 3.63) is 102 Å². The predicted octanol–water partition coefficient (Wildman–Crippen LogP) is 5.12. The SMILES string of the molecule is C=CCC(NC(=O)OCC1c2ccccc2-c2ccccc21)C(=O)Nc1cccc(C)c1C(=O)O. The molecule has 2 amide bonds. The molecule has 0 saturated heterocycles. The highest BCUT2D eigenvalue weighted by Gasteiger charge is 2.30. The van der Waals surface area contributed by atoms with Gasteiger partial charge >= 0.3 is 12.1 Å². The van der Waals surface area contributed by atoms with E-state index in [4.69, 9.17) is 4.74 Å². The Morgan fingerprint density at radius 3 is 2.23 bits per heavy atom. The Morgan fingerprint density at radius 2 is 1.63 bits per heavy atom. The van der Waals surface area contributed by atoms with E-state index in [0.29, 0.717) is 5.56 Å². The third-order valence-corrected chi connectivity index (χ3v) is 6.10. The molecule has 7 nitrogen and oxygen atoms in total. The van der Waals surface area contributed by atoms with Crippen molar-refractivity contribution in [2.24, 2.45) is 0 Å². The zero-order valence-corrected chi connectivity index (χ0v) is 19.3. The summed E-state index contributed by atoms with van der Waals surface area (Å²) in [5, 5.41) is 14.7. The summed E-state index contributed by atoms with van der Waals surface area (Å²) in [6.45, 7) is 5.41. The Morgan fingerprint density at radius 1 is 1.00 bits per heavy atom. The van der Waals surface area contributed by atoms with Gasteiger partial charge in [0, 0.05) is 5.92 Å². The van der Waals surface area contributed by atoms with Crippen LogP contribution < -0.4 is 10.6 Å². The topological polar surface area (TPSA) is 105 Å². The highest BCUT2D eigenvalue weighted by molar-refractivity contribution is 6.03. The first-order valence-electron chi connectivity index (χ1n) is 11.3. The molecular formula is C28H26N2O5. The van der Waals surface area contributed by atoms with Crippen LogP contribution in [-0.4, -0.2) is 35.7 Å². The van der Waals surface area contributed by atoms with Crippen LogP contribution in [0.25, 0.3) is 11.1 Å². The number of rotatable bonds is 8. The van der Waals surface area contributed by atoms with Gasteiger partial charge in [0.25, 0.3) is 0 Å². The van der Waals surface area contributed by atoms with Crippen molar-refractivity contribution in [2.75, 3.05) is 11.9 Å². The molecule has 0 radical (unpaired) electrons. The van der Waals surface area contributed by atoms with Gasteiger partial charge in [-0.25, -0.2) is 9.59 Å². The summed E-state index contributed by atoms with van der Waals surface area (Å²) in [7, 11) is 0. The number of fused-ring (bicyclic) bond motifs is 3. The van der Waals surface area contributed by atoms with E-state index in [0.717, 1.165) is 22.3 Å². The summed E-state index contributed by atoms with van der Waals surface area (Å²) in [5.41, 5.74) is 5.08. The molecule has 1 aliphatic carbocycles. The van der Waals surface area contributed by atoms with E-state index >= 15 is 0 Å². The quantitative estimate of drug-likeness (QED) is 0.397. The molecule has 178 valence electrons. The second kappa shape index (κ2) is 10.3. The van der Waals surface area contributed by atoms with Crippen molar-refractivity contribution in [1.82, 2.24) is 5.32 Å². The molecule has 3 N–H and O–H groups in total. The number of carboxylic acids is 1. The van der Waals surface area contributed by atoms with E-state index in [1.165, 1.54) is 12.1 Å². The van der Waals surface area contributed by atoms with Crippen LogP contribution in [0.3, 0.4) is 0 Å². The summed E-state index contributed by atoms with van der Waals surface area (Å²) >= 11 is 0. The van der Waals surface area contributed by atoms with Crippen LogP contribution in [0.1, 0.15) is 39.4 Å². The van der Waals surface area contributed by atoms with Crippen molar-refractivity contribution in [3.63, 3.8) is 0 Å². The minimum atomic E-state index is -1.15. The van der Waals surface area contributed by atoms with E-state index in [2.05, 4.69) is 29.3 Å². The third kappa shape index (κ3) is 4.94. The van der Waals surface area contributed by atoms with Crippen LogP contribution in [0.15, 0.2) is 79.4 Å². The maximum Gasteiger partial charge on any atom is 0.407 e. The molecule has 3 aromatic rings. The van der Waals surface area contributed by atoms with Crippen molar-refractivity contribution in [3.8, 4) is 11.1 Å². The van der Waals surface area contributed by atoms with Gasteiger partial charge in [-0.15, -0.1) is 6.58 Å². The fraction of sp³-hybridized carbons (Fsp3) is 0.179. The summed E-state index contributed by atoms with van der Waals surface area (Å²) in [4.78, 5) is 37.2. The second-order valence-corrected chi connectivity index (χ2v) is 8.34. The van der Waals surface area contributed by atoms with E-state index in [1.54, 1.807) is 19.1 Å². The first-order valence-corrected chi connectivity index (χ1v) is 11.3. The molecule has 0 heterocycles. The van der Waals surface area contributed by atoms with Crippen LogP contribution in [0.4, 0.5) is 10.5 Å². The fourth-order valence-electron chi connectivity index (χ4n) is 4.46. The molecule has 0 aromatic heterocycles. The highest BCUT2D eigenvalue weighted by atomic mass is 16.5. The average Bonchev–Trinajstić information content (AvgIpc) is 3.16. The lowest BCUT2D eigenvalue weighted by atomic mass is 9.98. The first-order chi connectivity index (χ1) is 16.9. The maximum atomic E-state index is 12.9. The zero-order chi connectivity index (χ0) is 24.9. The number of benzene rings is 3. The van der Waals surface area contributed by atoms with Crippen molar-refractivity contribution in [2.45, 2.75) is 25.3 Å². The number of aryl methyl sites for hydroxylation is 1. The van der Waals surface area contributed by atoms with Gasteiger partial charge in [-0.3, -0.25) is 4.79 Å². The molecule has 0 spiro atoms. The van der Waals surface area contributed by atoms with Crippen LogP contribution in [0.2, 0.25) is 0 Å². The molecule has 35 heavy (non-hydrogen) atoms. The van der Waals surface area contributed by atoms with Gasteiger partial charge < -0.3 is 20.5 Å². The molecule has 0 aliphatic heterocycles. The minimum absolute atomic E-state index is 0.000608. The van der Waals surface area contributed by atoms with Gasteiger partial charge in [0.15, 0.2) is 0 Å². The Balaban J connectivity index is 1.44. The highest BCUT2D eigenvalue weighted by Crippen LogP contribution is 2.44. The first kappa shape index (κ1) is 23.8.